The molecule has 1 heterocycles. The van der Waals surface area contributed by atoms with Crippen LogP contribution in [-0.2, 0) is 0 Å². The fourth-order valence-electron chi connectivity index (χ4n) is 1.52. The van der Waals surface area contributed by atoms with E-state index in [1.165, 1.54) is 18.1 Å². The Labute approximate surface area is 119 Å². The standard InChI is InChI=1S/C12H12N4OS2/c1-18-8-3-2-4-9(11(8)12(13)16-17)19-10-5-6-14-7-15-10/h2-7,17H,1H3,(H2,13,16). The maximum absolute atomic E-state index is 8.92. The zero-order chi connectivity index (χ0) is 13.7. The Kier molecular flexibility index (Phi) is 4.64. The summed E-state index contributed by atoms with van der Waals surface area (Å²) in [6.07, 6.45) is 5.11. The normalized spacial score (nSPS) is 11.5. The summed E-state index contributed by atoms with van der Waals surface area (Å²) >= 11 is 3.00. The van der Waals surface area contributed by atoms with E-state index in [1.807, 2.05) is 30.5 Å². The van der Waals surface area contributed by atoms with E-state index in [2.05, 4.69) is 15.1 Å². The summed E-state index contributed by atoms with van der Waals surface area (Å²) in [5.41, 5.74) is 6.49. The van der Waals surface area contributed by atoms with Crippen molar-refractivity contribution in [1.29, 1.82) is 0 Å². The molecule has 0 amide bonds. The van der Waals surface area contributed by atoms with Crippen molar-refractivity contribution in [2.24, 2.45) is 10.9 Å². The lowest BCUT2D eigenvalue weighted by Gasteiger charge is -2.11. The number of aromatic nitrogens is 2. The van der Waals surface area contributed by atoms with Gasteiger partial charge in [0.05, 0.1) is 0 Å². The molecule has 0 bridgehead atoms. The van der Waals surface area contributed by atoms with Crippen molar-refractivity contribution < 1.29 is 5.21 Å². The van der Waals surface area contributed by atoms with Gasteiger partial charge in [-0.3, -0.25) is 0 Å². The fraction of sp³-hybridized carbons (Fsp3) is 0.0833. The van der Waals surface area contributed by atoms with Gasteiger partial charge in [-0.15, -0.1) is 11.8 Å². The minimum Gasteiger partial charge on any atom is -0.409 e. The second kappa shape index (κ2) is 6.44. The number of nitrogens with two attached hydrogens (primary N) is 1. The molecule has 3 N–H and O–H groups in total. The van der Waals surface area contributed by atoms with Crippen LogP contribution in [0.5, 0.6) is 0 Å². The number of hydrogen-bond acceptors (Lipinski definition) is 6. The third-order valence-electron chi connectivity index (χ3n) is 2.34. The molecule has 0 radical (unpaired) electrons. The van der Waals surface area contributed by atoms with Crippen LogP contribution in [0.15, 0.2) is 56.8 Å². The second-order valence-corrected chi connectivity index (χ2v) is 5.38. The molecular formula is C12H12N4OS2. The van der Waals surface area contributed by atoms with Gasteiger partial charge in [0.2, 0.25) is 0 Å². The first-order chi connectivity index (χ1) is 9.26. The topological polar surface area (TPSA) is 84.4 Å². The van der Waals surface area contributed by atoms with Crippen molar-refractivity contribution in [3.05, 3.63) is 42.4 Å². The molecule has 0 aliphatic heterocycles. The number of nitrogens with zero attached hydrogens (tertiary/aromatic N) is 3. The molecule has 98 valence electrons. The highest BCUT2D eigenvalue weighted by Gasteiger charge is 2.13. The average Bonchev–Trinajstić information content (AvgIpc) is 2.47. The molecule has 19 heavy (non-hydrogen) atoms. The van der Waals surface area contributed by atoms with Crippen LogP contribution in [0, 0.1) is 0 Å². The third-order valence-corrected chi connectivity index (χ3v) is 4.13. The first kappa shape index (κ1) is 13.7. The van der Waals surface area contributed by atoms with Crippen LogP contribution in [0.25, 0.3) is 0 Å². The smallest absolute Gasteiger partial charge is 0.172 e. The van der Waals surface area contributed by atoms with E-state index in [9.17, 15) is 0 Å². The Morgan fingerprint density at radius 1 is 1.32 bits per heavy atom. The summed E-state index contributed by atoms with van der Waals surface area (Å²) in [7, 11) is 0. The Morgan fingerprint density at radius 3 is 2.74 bits per heavy atom. The van der Waals surface area contributed by atoms with E-state index in [4.69, 9.17) is 10.9 Å². The van der Waals surface area contributed by atoms with Gasteiger partial charge in [0.1, 0.15) is 11.4 Å². The van der Waals surface area contributed by atoms with Gasteiger partial charge in [0.25, 0.3) is 0 Å². The number of hydrogen-bond donors (Lipinski definition) is 2. The van der Waals surface area contributed by atoms with E-state index < -0.39 is 0 Å². The average molecular weight is 292 g/mol. The number of thioether (sulfide) groups is 1. The van der Waals surface area contributed by atoms with E-state index in [1.54, 1.807) is 18.0 Å². The van der Waals surface area contributed by atoms with Crippen molar-refractivity contribution in [3.63, 3.8) is 0 Å². The van der Waals surface area contributed by atoms with Crippen LogP contribution >= 0.6 is 23.5 Å². The van der Waals surface area contributed by atoms with E-state index in [-0.39, 0.29) is 5.84 Å². The van der Waals surface area contributed by atoms with Gasteiger partial charge in [0.15, 0.2) is 5.84 Å². The van der Waals surface area contributed by atoms with Crippen LogP contribution < -0.4 is 5.73 Å². The predicted octanol–water partition coefficient (Wildman–Crippen LogP) is 2.44. The number of oxime groups is 1. The highest BCUT2D eigenvalue weighted by atomic mass is 32.2. The molecule has 5 nitrogen and oxygen atoms in total. The Bertz CT molecular complexity index is 590. The maximum atomic E-state index is 8.92. The zero-order valence-electron chi connectivity index (χ0n) is 10.1. The van der Waals surface area contributed by atoms with E-state index >= 15 is 0 Å². The Hall–Kier alpha value is -1.73. The first-order valence-electron chi connectivity index (χ1n) is 5.35. The lowest BCUT2D eigenvalue weighted by Crippen LogP contribution is -2.15. The molecule has 0 saturated heterocycles. The van der Waals surface area contributed by atoms with E-state index in [0.717, 1.165) is 20.4 Å². The summed E-state index contributed by atoms with van der Waals surface area (Å²) in [6.45, 7) is 0. The predicted molar refractivity (Wildman–Crippen MR) is 76.9 cm³/mol. The lowest BCUT2D eigenvalue weighted by atomic mass is 10.2. The van der Waals surface area contributed by atoms with Gasteiger partial charge < -0.3 is 10.9 Å². The zero-order valence-corrected chi connectivity index (χ0v) is 11.8. The molecular weight excluding hydrogens is 280 g/mol. The molecule has 2 rings (SSSR count). The van der Waals surface area contributed by atoms with Crippen molar-refractivity contribution in [2.45, 2.75) is 14.8 Å². The van der Waals surface area contributed by atoms with Crippen LogP contribution in [0.4, 0.5) is 0 Å². The summed E-state index contributed by atoms with van der Waals surface area (Å²) in [5, 5.41) is 12.8. The molecule has 0 atom stereocenters. The second-order valence-electron chi connectivity index (χ2n) is 3.47. The minimum absolute atomic E-state index is 0.0986. The number of amidine groups is 1. The molecule has 0 aliphatic rings. The minimum atomic E-state index is 0.0986. The molecule has 7 heteroatoms. The summed E-state index contributed by atoms with van der Waals surface area (Å²) in [6, 6.07) is 7.60. The van der Waals surface area contributed by atoms with Crippen molar-refractivity contribution in [1.82, 2.24) is 9.97 Å². The molecule has 1 aromatic carbocycles. The highest BCUT2D eigenvalue weighted by molar-refractivity contribution is 8.00. The molecule has 0 aliphatic carbocycles. The molecule has 1 aromatic heterocycles. The Balaban J connectivity index is 2.45. The number of benzene rings is 1. The highest BCUT2D eigenvalue weighted by Crippen LogP contribution is 2.33. The van der Waals surface area contributed by atoms with Gasteiger partial charge in [0, 0.05) is 21.6 Å². The monoisotopic (exact) mass is 292 g/mol. The Morgan fingerprint density at radius 2 is 2.11 bits per heavy atom. The quantitative estimate of drug-likeness (QED) is 0.225. The van der Waals surface area contributed by atoms with Crippen molar-refractivity contribution in [3.8, 4) is 0 Å². The first-order valence-corrected chi connectivity index (χ1v) is 7.39. The summed E-state index contributed by atoms with van der Waals surface area (Å²) in [4.78, 5) is 9.88. The van der Waals surface area contributed by atoms with Crippen molar-refractivity contribution in [2.75, 3.05) is 6.26 Å². The molecule has 0 unspecified atom stereocenters. The van der Waals surface area contributed by atoms with Crippen LogP contribution in [0.3, 0.4) is 0 Å². The van der Waals surface area contributed by atoms with Gasteiger partial charge >= 0.3 is 0 Å². The van der Waals surface area contributed by atoms with Crippen molar-refractivity contribution >= 4 is 29.4 Å². The van der Waals surface area contributed by atoms with Gasteiger partial charge in [-0.25, -0.2) is 9.97 Å². The van der Waals surface area contributed by atoms with Crippen LogP contribution in [0.2, 0.25) is 0 Å². The third kappa shape index (κ3) is 3.18. The number of rotatable bonds is 4. The largest absolute Gasteiger partial charge is 0.409 e. The van der Waals surface area contributed by atoms with E-state index in [0.29, 0.717) is 0 Å². The summed E-state index contributed by atoms with van der Waals surface area (Å²) < 4.78 is 0. The van der Waals surface area contributed by atoms with Crippen LogP contribution in [0.1, 0.15) is 5.56 Å². The van der Waals surface area contributed by atoms with Gasteiger partial charge in [-0.1, -0.05) is 23.0 Å². The molecule has 0 fully saturated rings. The SMILES string of the molecule is CSc1cccc(Sc2ccncn2)c1/C(N)=N/O. The lowest BCUT2D eigenvalue weighted by molar-refractivity contribution is 0.318. The summed E-state index contributed by atoms with van der Waals surface area (Å²) in [5.74, 6) is 0.0986. The van der Waals surface area contributed by atoms with Crippen LogP contribution in [-0.4, -0.2) is 27.3 Å². The van der Waals surface area contributed by atoms with Gasteiger partial charge in [-0.2, -0.15) is 0 Å². The molecule has 0 spiro atoms. The molecule has 2 aromatic rings. The van der Waals surface area contributed by atoms with Gasteiger partial charge in [-0.05, 0) is 24.5 Å². The molecule has 0 saturated carbocycles. The fourth-order valence-corrected chi connectivity index (χ4v) is 3.14. The maximum Gasteiger partial charge on any atom is 0.172 e.